The monoisotopic (exact) mass is 362 g/mol. The molecule has 2 heterocycles. The van der Waals surface area contributed by atoms with Gasteiger partial charge in [0.05, 0.1) is 6.61 Å². The molecule has 0 fully saturated rings. The van der Waals surface area contributed by atoms with Gasteiger partial charge in [-0.05, 0) is 46.6 Å². The average Bonchev–Trinajstić information content (AvgIpc) is 2.54. The van der Waals surface area contributed by atoms with Crippen molar-refractivity contribution in [2.24, 2.45) is 0 Å². The van der Waals surface area contributed by atoms with E-state index in [9.17, 15) is 4.79 Å². The van der Waals surface area contributed by atoms with Gasteiger partial charge in [-0.2, -0.15) is 0 Å². The number of pyridine rings is 1. The van der Waals surface area contributed by atoms with Gasteiger partial charge in [-0.1, -0.05) is 18.2 Å². The molecule has 0 radical (unpaired) electrons. The maximum absolute atomic E-state index is 12.0. The lowest BCUT2D eigenvalue weighted by molar-refractivity contribution is -0.121. The van der Waals surface area contributed by atoms with Crippen LogP contribution >= 0.6 is 15.9 Å². The molecule has 5 nitrogen and oxygen atoms in total. The number of amides is 1. The molecule has 1 aromatic carbocycles. The van der Waals surface area contributed by atoms with E-state index >= 15 is 0 Å². The molecule has 2 aromatic rings. The SMILES string of the molecule is O=C1COc2ccc(Br)nc2N1CCCOc1ccccc1. The van der Waals surface area contributed by atoms with E-state index in [1.807, 2.05) is 36.4 Å². The van der Waals surface area contributed by atoms with Crippen LogP contribution in [0.25, 0.3) is 0 Å². The average molecular weight is 363 g/mol. The van der Waals surface area contributed by atoms with E-state index in [2.05, 4.69) is 20.9 Å². The molecule has 0 saturated carbocycles. The second-order valence-corrected chi connectivity index (χ2v) is 5.62. The normalized spacial score (nSPS) is 13.5. The van der Waals surface area contributed by atoms with Gasteiger partial charge in [0.25, 0.3) is 5.91 Å². The Morgan fingerprint density at radius 1 is 1.23 bits per heavy atom. The van der Waals surface area contributed by atoms with Gasteiger partial charge in [-0.15, -0.1) is 0 Å². The lowest BCUT2D eigenvalue weighted by Gasteiger charge is -2.28. The van der Waals surface area contributed by atoms with Crippen LogP contribution in [0.5, 0.6) is 11.5 Å². The molecule has 6 heteroatoms. The first kappa shape index (κ1) is 14.8. The number of para-hydroxylation sites is 1. The van der Waals surface area contributed by atoms with Gasteiger partial charge >= 0.3 is 0 Å². The smallest absolute Gasteiger partial charge is 0.266 e. The predicted molar refractivity (Wildman–Crippen MR) is 86.3 cm³/mol. The van der Waals surface area contributed by atoms with Crippen molar-refractivity contribution in [2.75, 3.05) is 24.7 Å². The largest absolute Gasteiger partial charge is 0.494 e. The highest BCUT2D eigenvalue weighted by Crippen LogP contribution is 2.31. The van der Waals surface area contributed by atoms with E-state index in [4.69, 9.17) is 9.47 Å². The standard InChI is InChI=1S/C16H15BrN2O3/c17-14-8-7-13-16(18-14)19(15(20)11-22-13)9-4-10-21-12-5-2-1-3-6-12/h1-3,5-8H,4,9-11H2. The van der Waals surface area contributed by atoms with Crippen molar-refractivity contribution in [3.05, 3.63) is 47.1 Å². The summed E-state index contributed by atoms with van der Waals surface area (Å²) in [6.45, 7) is 1.14. The fraction of sp³-hybridized carbons (Fsp3) is 0.250. The summed E-state index contributed by atoms with van der Waals surface area (Å²) in [5.74, 6) is 1.94. The van der Waals surface area contributed by atoms with Gasteiger partial charge in [-0.25, -0.2) is 4.98 Å². The van der Waals surface area contributed by atoms with Gasteiger partial charge in [-0.3, -0.25) is 9.69 Å². The summed E-state index contributed by atoms with van der Waals surface area (Å²) in [7, 11) is 0. The van der Waals surface area contributed by atoms with Crippen LogP contribution in [-0.2, 0) is 4.79 Å². The molecule has 0 saturated heterocycles. The minimum Gasteiger partial charge on any atom is -0.494 e. The van der Waals surface area contributed by atoms with Crippen molar-refractivity contribution < 1.29 is 14.3 Å². The van der Waals surface area contributed by atoms with Crippen LogP contribution in [-0.4, -0.2) is 30.6 Å². The fourth-order valence-corrected chi connectivity index (χ4v) is 2.51. The first-order chi connectivity index (χ1) is 10.7. The van der Waals surface area contributed by atoms with Crippen molar-refractivity contribution in [3.63, 3.8) is 0 Å². The number of benzene rings is 1. The zero-order valence-electron chi connectivity index (χ0n) is 11.9. The van der Waals surface area contributed by atoms with Crippen LogP contribution in [0, 0.1) is 0 Å². The fourth-order valence-electron chi connectivity index (χ4n) is 2.21. The highest BCUT2D eigenvalue weighted by molar-refractivity contribution is 9.10. The van der Waals surface area contributed by atoms with E-state index in [-0.39, 0.29) is 12.5 Å². The predicted octanol–water partition coefficient (Wildman–Crippen LogP) is 3.04. The number of nitrogens with zero attached hydrogens (tertiary/aromatic N) is 2. The molecule has 0 atom stereocenters. The van der Waals surface area contributed by atoms with E-state index in [0.717, 1.165) is 5.75 Å². The molecule has 1 aliphatic rings. The Kier molecular flexibility index (Phi) is 4.58. The lowest BCUT2D eigenvalue weighted by atomic mass is 10.3. The molecule has 0 spiro atoms. The second kappa shape index (κ2) is 6.79. The van der Waals surface area contributed by atoms with Crippen LogP contribution in [0.3, 0.4) is 0 Å². The van der Waals surface area contributed by atoms with Gasteiger partial charge in [0, 0.05) is 6.54 Å². The van der Waals surface area contributed by atoms with Crippen molar-refractivity contribution in [1.29, 1.82) is 0 Å². The number of hydrogen-bond donors (Lipinski definition) is 0. The molecule has 3 rings (SSSR count). The number of anilines is 1. The zero-order valence-corrected chi connectivity index (χ0v) is 13.5. The Labute approximate surface area is 137 Å². The third-order valence-corrected chi connectivity index (χ3v) is 3.69. The second-order valence-electron chi connectivity index (χ2n) is 4.80. The first-order valence-corrected chi connectivity index (χ1v) is 7.81. The number of rotatable bonds is 5. The Morgan fingerprint density at radius 2 is 2.05 bits per heavy atom. The topological polar surface area (TPSA) is 51.7 Å². The van der Waals surface area contributed by atoms with E-state index in [1.165, 1.54) is 0 Å². The van der Waals surface area contributed by atoms with E-state index in [1.54, 1.807) is 11.0 Å². The summed E-state index contributed by atoms with van der Waals surface area (Å²) in [5, 5.41) is 0. The number of carbonyl (C=O) groups is 1. The Bertz CT molecular complexity index is 664. The Morgan fingerprint density at radius 3 is 2.86 bits per heavy atom. The minimum absolute atomic E-state index is 0.0514. The maximum atomic E-state index is 12.0. The number of hydrogen-bond acceptors (Lipinski definition) is 4. The number of halogens is 1. The molecule has 1 amide bonds. The third kappa shape index (κ3) is 3.39. The van der Waals surface area contributed by atoms with E-state index in [0.29, 0.717) is 35.7 Å². The number of fused-ring (bicyclic) bond motifs is 1. The summed E-state index contributed by atoms with van der Waals surface area (Å²) in [4.78, 5) is 18.0. The lowest BCUT2D eigenvalue weighted by Crippen LogP contribution is -2.40. The Balaban J connectivity index is 1.60. The minimum atomic E-state index is -0.0854. The maximum Gasteiger partial charge on any atom is 0.266 e. The van der Waals surface area contributed by atoms with Crippen LogP contribution in [0.4, 0.5) is 5.82 Å². The third-order valence-electron chi connectivity index (χ3n) is 3.25. The molecular weight excluding hydrogens is 348 g/mol. The summed E-state index contributed by atoms with van der Waals surface area (Å²) in [6, 6.07) is 13.2. The molecule has 0 aliphatic carbocycles. The van der Waals surface area contributed by atoms with Crippen molar-refractivity contribution in [2.45, 2.75) is 6.42 Å². The number of ether oxygens (including phenoxy) is 2. The summed E-state index contributed by atoms with van der Waals surface area (Å²) < 4.78 is 11.7. The summed E-state index contributed by atoms with van der Waals surface area (Å²) >= 11 is 3.32. The van der Waals surface area contributed by atoms with Crippen LogP contribution < -0.4 is 14.4 Å². The highest BCUT2D eigenvalue weighted by atomic mass is 79.9. The molecule has 1 aliphatic heterocycles. The Hall–Kier alpha value is -2.08. The summed E-state index contributed by atoms with van der Waals surface area (Å²) in [6.07, 6.45) is 0.717. The van der Waals surface area contributed by atoms with Crippen molar-refractivity contribution in [3.8, 4) is 11.5 Å². The molecule has 114 valence electrons. The molecular formula is C16H15BrN2O3. The summed E-state index contributed by atoms with van der Waals surface area (Å²) in [5.41, 5.74) is 0. The van der Waals surface area contributed by atoms with Crippen LogP contribution in [0.1, 0.15) is 6.42 Å². The number of carbonyl (C=O) groups excluding carboxylic acids is 1. The van der Waals surface area contributed by atoms with Crippen LogP contribution in [0.15, 0.2) is 47.1 Å². The van der Waals surface area contributed by atoms with Crippen molar-refractivity contribution in [1.82, 2.24) is 4.98 Å². The van der Waals surface area contributed by atoms with Gasteiger partial charge in [0.1, 0.15) is 10.4 Å². The van der Waals surface area contributed by atoms with Crippen LogP contribution in [0.2, 0.25) is 0 Å². The highest BCUT2D eigenvalue weighted by Gasteiger charge is 2.26. The van der Waals surface area contributed by atoms with E-state index < -0.39 is 0 Å². The molecule has 1 aromatic heterocycles. The van der Waals surface area contributed by atoms with Crippen molar-refractivity contribution >= 4 is 27.7 Å². The molecule has 0 unspecified atom stereocenters. The molecule has 22 heavy (non-hydrogen) atoms. The van der Waals surface area contributed by atoms with Gasteiger partial charge < -0.3 is 9.47 Å². The van der Waals surface area contributed by atoms with Gasteiger partial charge in [0.2, 0.25) is 0 Å². The quantitative estimate of drug-likeness (QED) is 0.605. The molecule has 0 N–H and O–H groups in total. The number of aromatic nitrogens is 1. The van der Waals surface area contributed by atoms with Gasteiger partial charge in [0.15, 0.2) is 18.2 Å². The zero-order chi connectivity index (χ0) is 15.4. The molecule has 0 bridgehead atoms. The first-order valence-electron chi connectivity index (χ1n) is 7.01.